The number of rotatable bonds is 10. The Balaban J connectivity index is 2.60. The third-order valence-electron chi connectivity index (χ3n) is 9.95. The van der Waals surface area contributed by atoms with Crippen molar-refractivity contribution in [3.63, 3.8) is 0 Å². The molecule has 0 bridgehead atoms. The van der Waals surface area contributed by atoms with E-state index in [2.05, 4.69) is 154 Å². The van der Waals surface area contributed by atoms with E-state index in [0.29, 0.717) is 0 Å². The molecule has 0 atom stereocenters. The number of benzene rings is 2. The molecule has 3 rings (SSSR count). The van der Waals surface area contributed by atoms with Crippen LogP contribution in [0.1, 0.15) is 43.3 Å². The van der Waals surface area contributed by atoms with Crippen molar-refractivity contribution in [2.45, 2.75) is 150 Å². The van der Waals surface area contributed by atoms with E-state index in [1.165, 1.54) is 16.9 Å². The first-order valence-electron chi connectivity index (χ1n) is 17.2. The summed E-state index contributed by atoms with van der Waals surface area (Å²) < 4.78 is 2.04. The molecule has 43 heavy (non-hydrogen) atoms. The number of fused-ring (bicyclic) bond motifs is 1. The molecule has 0 aliphatic carbocycles. The second-order valence-corrected chi connectivity index (χ2v) is 59.6. The van der Waals surface area contributed by atoms with Crippen molar-refractivity contribution < 1.29 is 0 Å². The van der Waals surface area contributed by atoms with Crippen LogP contribution in [0.4, 0.5) is 0 Å². The topological polar surface area (TPSA) is 0 Å². The van der Waals surface area contributed by atoms with Gasteiger partial charge < -0.3 is 0 Å². The summed E-state index contributed by atoms with van der Waals surface area (Å²) in [4.78, 5) is 0. The molecule has 2 aromatic carbocycles. The summed E-state index contributed by atoms with van der Waals surface area (Å²) in [7, 11) is -8.87. The summed E-state index contributed by atoms with van der Waals surface area (Å²) in [5.74, 6) is 0. The summed E-state index contributed by atoms with van der Waals surface area (Å²) in [5, 5.41) is 5.32. The van der Waals surface area contributed by atoms with Crippen molar-refractivity contribution >= 4 is 67.2 Å². The van der Waals surface area contributed by atoms with Gasteiger partial charge in [-0.25, -0.2) is 0 Å². The van der Waals surface area contributed by atoms with Crippen LogP contribution >= 0.6 is 0 Å². The summed E-state index contributed by atoms with van der Waals surface area (Å²) in [5.41, 5.74) is 9.01. The van der Waals surface area contributed by atoms with E-state index in [0.717, 1.165) is 15.5 Å². The molecule has 0 saturated carbocycles. The molecule has 0 fully saturated rings. The zero-order valence-corrected chi connectivity index (χ0v) is 39.9. The van der Waals surface area contributed by atoms with Gasteiger partial charge in [0.15, 0.2) is 0 Å². The molecule has 0 nitrogen and oxygen atoms in total. The van der Waals surface area contributed by atoms with Gasteiger partial charge in [-0.05, 0) is 0 Å². The quantitative estimate of drug-likeness (QED) is 0.213. The fraction of sp³-hybridized carbons (Fsp3) is 0.667. The number of aryl methyl sites for hydroxylation is 1. The van der Waals surface area contributed by atoms with E-state index in [1.807, 2.05) is 15.5 Å². The van der Waals surface area contributed by atoms with Gasteiger partial charge in [0.25, 0.3) is 0 Å². The molecule has 0 spiro atoms. The molecule has 0 aromatic heterocycles. The average molecular weight is 743 g/mol. The van der Waals surface area contributed by atoms with E-state index in [9.17, 15) is 0 Å². The maximum absolute atomic E-state index is 2.95. The van der Waals surface area contributed by atoms with Gasteiger partial charge in [0, 0.05) is 0 Å². The molecule has 1 radical (unpaired) electrons. The van der Waals surface area contributed by atoms with Crippen LogP contribution in [0, 0.1) is 0 Å². The Labute approximate surface area is 279 Å². The first-order valence-corrected chi connectivity index (χ1v) is 42.7. The fourth-order valence-corrected chi connectivity index (χ4v) is 56.4. The van der Waals surface area contributed by atoms with Gasteiger partial charge in [-0.2, -0.15) is 0 Å². The van der Waals surface area contributed by atoms with E-state index < -0.39 is 62.8 Å². The molecule has 0 N–H and O–H groups in total. The first kappa shape index (κ1) is 37.7. The predicted octanol–water partition coefficient (Wildman–Crippen LogP) is 11.2. The molecule has 0 amide bonds. The van der Waals surface area contributed by atoms with Gasteiger partial charge in [0.2, 0.25) is 0 Å². The van der Waals surface area contributed by atoms with Crippen molar-refractivity contribution in [3.05, 3.63) is 64.2 Å². The van der Waals surface area contributed by atoms with Crippen molar-refractivity contribution in [1.82, 2.24) is 0 Å². The van der Waals surface area contributed by atoms with Gasteiger partial charge in [-0.1, -0.05) is 0 Å². The van der Waals surface area contributed by atoms with Gasteiger partial charge in [0.05, 0.1) is 0 Å². The predicted molar refractivity (Wildman–Crippen MR) is 219 cm³/mol. The van der Waals surface area contributed by atoms with E-state index in [-0.39, 0.29) is 0 Å². The van der Waals surface area contributed by atoms with Crippen LogP contribution in [0.15, 0.2) is 36.4 Å². The van der Waals surface area contributed by atoms with Gasteiger partial charge in [-0.3, -0.25) is 0 Å². The standard InChI is InChI=1S/C36H69GeSi6/c1-38(2,3)34(39(4,5)6)30-25-31(35(40(7,8)9)41(10,11)12)33(32(26-30)36(42(13,14)15)43(16,17)18)37-24-23-28-21-19-20-22-29(28)27-37/h19-22,25-26,34-36H,23-24,27H2,1-18H3. The third kappa shape index (κ3) is 8.80. The Morgan fingerprint density at radius 2 is 0.837 bits per heavy atom. The Kier molecular flexibility index (Phi) is 11.2. The molecule has 0 unspecified atom stereocenters. The van der Waals surface area contributed by atoms with Crippen molar-refractivity contribution in [1.29, 1.82) is 0 Å². The Hall–Kier alpha value is 0.284. The number of hydrogen-bond acceptors (Lipinski definition) is 0. The van der Waals surface area contributed by atoms with Crippen LogP contribution < -0.4 is 4.40 Å². The minimum absolute atomic E-state index is 0.802. The average Bonchev–Trinajstić information content (AvgIpc) is 2.72. The Bertz CT molecular complexity index is 1180. The Morgan fingerprint density at radius 3 is 1.19 bits per heavy atom. The molecule has 7 heteroatoms. The van der Waals surface area contributed by atoms with E-state index >= 15 is 0 Å². The normalized spacial score (nSPS) is 16.4. The molecule has 1 heterocycles. The first-order chi connectivity index (χ1) is 19.1. The summed E-state index contributed by atoms with van der Waals surface area (Å²) in [6.07, 6.45) is 1.31. The molecular weight excluding hydrogens is 674 g/mol. The van der Waals surface area contributed by atoms with Crippen LogP contribution in [0.5, 0.6) is 0 Å². The van der Waals surface area contributed by atoms with Crippen LogP contribution in [0.3, 0.4) is 0 Å². The summed E-state index contributed by atoms with van der Waals surface area (Å²) in [6, 6.07) is 15.4. The number of hydrogen-bond donors (Lipinski definition) is 0. The zero-order chi connectivity index (χ0) is 33.1. The van der Waals surface area contributed by atoms with Gasteiger partial charge >= 0.3 is 282 Å². The molecule has 241 valence electrons. The molecule has 0 saturated heterocycles. The van der Waals surface area contributed by atoms with Crippen LogP contribution in [0.2, 0.25) is 123 Å². The Morgan fingerprint density at radius 1 is 0.488 bits per heavy atom. The summed E-state index contributed by atoms with van der Waals surface area (Å²) in [6.45, 7) is 48.7. The minimum atomic E-state index is -1.60. The van der Waals surface area contributed by atoms with Crippen LogP contribution in [-0.2, 0) is 11.7 Å². The maximum atomic E-state index is 2.95. The SMILES string of the molecule is C[Si](C)(C)C(c1cc(C([Si](C)(C)C)[Si](C)(C)C)[c]([Ge]2[CH2]Cc3ccccc3[CH2]2)c(C([Si](C)(C)C)[Si](C)(C)C)c1)[Si](C)(C)C. The van der Waals surface area contributed by atoms with Crippen molar-refractivity contribution in [3.8, 4) is 0 Å². The molecule has 1 aliphatic rings. The van der Waals surface area contributed by atoms with Gasteiger partial charge in [0.1, 0.15) is 0 Å². The van der Waals surface area contributed by atoms with Crippen molar-refractivity contribution in [2.24, 2.45) is 0 Å². The molecule has 2 aromatic rings. The second kappa shape index (κ2) is 12.7. The molecule has 1 aliphatic heterocycles. The monoisotopic (exact) mass is 743 g/mol. The fourth-order valence-electron chi connectivity index (χ4n) is 10.3. The summed E-state index contributed by atoms with van der Waals surface area (Å²) >= 11 is -1.60. The van der Waals surface area contributed by atoms with Crippen LogP contribution in [-0.4, -0.2) is 62.8 Å². The zero-order valence-electron chi connectivity index (χ0n) is 31.8. The van der Waals surface area contributed by atoms with E-state index in [4.69, 9.17) is 0 Å². The van der Waals surface area contributed by atoms with Gasteiger partial charge in [-0.15, -0.1) is 0 Å². The van der Waals surface area contributed by atoms with Crippen molar-refractivity contribution in [2.75, 3.05) is 0 Å². The molecular formula is C36H69GeSi6. The van der Waals surface area contributed by atoms with E-state index in [1.54, 1.807) is 16.7 Å². The van der Waals surface area contributed by atoms with Crippen LogP contribution in [0.25, 0.3) is 0 Å². The second-order valence-electron chi connectivity index (χ2n) is 20.6. The third-order valence-corrected chi connectivity index (χ3v) is 44.0.